The van der Waals surface area contributed by atoms with Gasteiger partial charge in [-0.15, -0.1) is 0 Å². The lowest BCUT2D eigenvalue weighted by molar-refractivity contribution is -0.121. The van der Waals surface area contributed by atoms with Gasteiger partial charge < -0.3 is 14.8 Å². The van der Waals surface area contributed by atoms with Crippen LogP contribution in [0.1, 0.15) is 48.3 Å². The van der Waals surface area contributed by atoms with E-state index >= 15 is 0 Å². The summed E-state index contributed by atoms with van der Waals surface area (Å²) in [6.45, 7) is 7.57. The maximum atomic E-state index is 12.5. The van der Waals surface area contributed by atoms with Crippen LogP contribution in [0.2, 0.25) is 0 Å². The molecule has 2 aromatic rings. The van der Waals surface area contributed by atoms with E-state index in [0.717, 1.165) is 34.0 Å². The van der Waals surface area contributed by atoms with Crippen molar-refractivity contribution in [2.24, 2.45) is 0 Å². The Bertz CT molecular complexity index is 898. The highest BCUT2D eigenvalue weighted by Crippen LogP contribution is 2.32. The molecule has 0 saturated heterocycles. The largest absolute Gasteiger partial charge is 0.486 e. The number of aromatic nitrogens is 2. The van der Waals surface area contributed by atoms with Gasteiger partial charge in [-0.05, 0) is 50.5 Å². The molecule has 1 atom stereocenters. The second-order valence-electron chi connectivity index (χ2n) is 6.97. The van der Waals surface area contributed by atoms with Crippen LogP contribution in [0.15, 0.2) is 18.2 Å². The average molecular weight is 382 g/mol. The second-order valence-corrected chi connectivity index (χ2v) is 6.97. The molecule has 148 valence electrons. The number of hydrogen-bond acceptors (Lipinski definition) is 5. The molecule has 28 heavy (non-hydrogen) atoms. The summed E-state index contributed by atoms with van der Waals surface area (Å²) in [5.74, 6) is 1.46. The number of nitriles is 1. The quantitative estimate of drug-likeness (QED) is 0.795. The summed E-state index contributed by atoms with van der Waals surface area (Å²) in [6.07, 6.45) is 1.44. The van der Waals surface area contributed by atoms with Gasteiger partial charge in [0.1, 0.15) is 13.2 Å². The first-order valence-corrected chi connectivity index (χ1v) is 9.58. The van der Waals surface area contributed by atoms with Gasteiger partial charge in [-0.2, -0.15) is 10.4 Å². The molecule has 0 aliphatic carbocycles. The zero-order chi connectivity index (χ0) is 20.1. The highest BCUT2D eigenvalue weighted by molar-refractivity contribution is 5.76. The van der Waals surface area contributed by atoms with Crippen LogP contribution in [-0.4, -0.2) is 28.9 Å². The predicted molar refractivity (Wildman–Crippen MR) is 104 cm³/mol. The summed E-state index contributed by atoms with van der Waals surface area (Å²) < 4.78 is 13.0. The van der Waals surface area contributed by atoms with Crippen LogP contribution in [0, 0.1) is 25.2 Å². The number of aryl methyl sites for hydroxylation is 2. The molecular weight excluding hydrogens is 356 g/mol. The molecule has 0 spiro atoms. The van der Waals surface area contributed by atoms with E-state index in [9.17, 15) is 4.79 Å². The molecule has 1 aliphatic heterocycles. The minimum Gasteiger partial charge on any atom is -0.486 e. The van der Waals surface area contributed by atoms with Gasteiger partial charge in [0, 0.05) is 12.1 Å². The van der Waals surface area contributed by atoms with Gasteiger partial charge in [-0.25, -0.2) is 0 Å². The number of nitrogens with zero attached hydrogens (tertiary/aromatic N) is 3. The van der Waals surface area contributed by atoms with Crippen LogP contribution in [0.5, 0.6) is 11.5 Å². The molecule has 2 heterocycles. The summed E-state index contributed by atoms with van der Waals surface area (Å²) >= 11 is 0. The van der Waals surface area contributed by atoms with Crippen molar-refractivity contribution >= 4 is 5.91 Å². The normalized spacial score (nSPS) is 13.6. The summed E-state index contributed by atoms with van der Waals surface area (Å²) in [5, 5.41) is 16.3. The molecule has 0 fully saturated rings. The Balaban J connectivity index is 1.57. The number of hydrogen-bond donors (Lipinski definition) is 1. The van der Waals surface area contributed by atoms with Crippen molar-refractivity contribution in [1.82, 2.24) is 15.1 Å². The first-order chi connectivity index (χ1) is 13.5. The summed E-state index contributed by atoms with van der Waals surface area (Å²) in [7, 11) is 0. The van der Waals surface area contributed by atoms with Gasteiger partial charge in [0.2, 0.25) is 5.91 Å². The molecular formula is C21H26N4O3. The number of amides is 1. The van der Waals surface area contributed by atoms with Crippen LogP contribution >= 0.6 is 0 Å². The molecule has 1 unspecified atom stereocenters. The average Bonchev–Trinajstić information content (AvgIpc) is 2.97. The van der Waals surface area contributed by atoms with Crippen molar-refractivity contribution in [3.8, 4) is 17.6 Å². The van der Waals surface area contributed by atoms with Crippen molar-refractivity contribution in [3.05, 3.63) is 40.7 Å². The number of rotatable bonds is 7. The molecule has 0 bridgehead atoms. The Morgan fingerprint density at radius 3 is 2.82 bits per heavy atom. The Morgan fingerprint density at radius 1 is 1.32 bits per heavy atom. The van der Waals surface area contributed by atoms with Crippen molar-refractivity contribution in [2.45, 2.75) is 52.6 Å². The van der Waals surface area contributed by atoms with Gasteiger partial charge in [-0.3, -0.25) is 9.48 Å². The molecule has 1 aromatic heterocycles. The van der Waals surface area contributed by atoms with E-state index in [1.54, 1.807) is 0 Å². The fourth-order valence-corrected chi connectivity index (χ4v) is 3.43. The fraction of sp³-hybridized carbons (Fsp3) is 0.476. The fourth-order valence-electron chi connectivity index (χ4n) is 3.43. The maximum Gasteiger partial charge on any atom is 0.220 e. The predicted octanol–water partition coefficient (Wildman–Crippen LogP) is 2.99. The number of carbonyl (C=O) groups excluding carboxylic acids is 1. The van der Waals surface area contributed by atoms with E-state index in [4.69, 9.17) is 14.7 Å². The zero-order valence-electron chi connectivity index (χ0n) is 16.6. The lowest BCUT2D eigenvalue weighted by Gasteiger charge is -2.21. The van der Waals surface area contributed by atoms with E-state index in [2.05, 4.69) is 16.5 Å². The number of nitrogens with one attached hydrogen (secondary N) is 1. The first-order valence-electron chi connectivity index (χ1n) is 9.58. The third kappa shape index (κ3) is 4.45. The number of carbonyl (C=O) groups is 1. The highest BCUT2D eigenvalue weighted by Gasteiger charge is 2.17. The Hall–Kier alpha value is -3.01. The molecule has 7 heteroatoms. The molecule has 7 nitrogen and oxygen atoms in total. The minimum absolute atomic E-state index is 0.00837. The van der Waals surface area contributed by atoms with Crippen LogP contribution in [0.25, 0.3) is 0 Å². The zero-order valence-corrected chi connectivity index (χ0v) is 16.6. The van der Waals surface area contributed by atoms with Crippen molar-refractivity contribution < 1.29 is 14.3 Å². The molecule has 1 amide bonds. The third-order valence-corrected chi connectivity index (χ3v) is 5.01. The van der Waals surface area contributed by atoms with Crippen LogP contribution in [0.3, 0.4) is 0 Å². The van der Waals surface area contributed by atoms with Gasteiger partial charge in [-0.1, -0.05) is 6.07 Å². The third-order valence-electron chi connectivity index (χ3n) is 5.01. The summed E-state index contributed by atoms with van der Waals surface area (Å²) in [6, 6.07) is 7.77. The standard InChI is InChI=1S/C21H26N4O3/c1-14(17-5-7-19-20(13-17)28-12-11-27-19)23-21(26)8-6-18-15(2)24-25(16(18)3)10-4-9-22/h5,7,13-14H,4,6,8,10-12H2,1-3H3,(H,23,26). The van der Waals surface area contributed by atoms with E-state index in [0.29, 0.717) is 39.0 Å². The van der Waals surface area contributed by atoms with Crippen LogP contribution in [0.4, 0.5) is 0 Å². The first kappa shape index (κ1) is 19.7. The van der Waals surface area contributed by atoms with Gasteiger partial charge >= 0.3 is 0 Å². The smallest absolute Gasteiger partial charge is 0.220 e. The number of ether oxygens (including phenoxy) is 2. The van der Waals surface area contributed by atoms with Crippen LogP contribution < -0.4 is 14.8 Å². The van der Waals surface area contributed by atoms with E-state index in [-0.39, 0.29) is 11.9 Å². The minimum atomic E-state index is -0.121. The highest BCUT2D eigenvalue weighted by atomic mass is 16.6. The van der Waals surface area contributed by atoms with Crippen molar-refractivity contribution in [1.29, 1.82) is 5.26 Å². The van der Waals surface area contributed by atoms with Crippen molar-refractivity contribution in [2.75, 3.05) is 13.2 Å². The molecule has 0 radical (unpaired) electrons. The van der Waals surface area contributed by atoms with Gasteiger partial charge in [0.25, 0.3) is 0 Å². The SMILES string of the molecule is Cc1nn(CCC#N)c(C)c1CCC(=O)NC(C)c1ccc2c(c1)OCCO2. The van der Waals surface area contributed by atoms with E-state index < -0.39 is 0 Å². The molecule has 1 aliphatic rings. The lowest BCUT2D eigenvalue weighted by Crippen LogP contribution is -2.27. The Morgan fingerprint density at radius 2 is 2.07 bits per heavy atom. The summed E-state index contributed by atoms with van der Waals surface area (Å²) in [5.41, 5.74) is 4.01. The summed E-state index contributed by atoms with van der Waals surface area (Å²) in [4.78, 5) is 12.5. The molecule has 1 N–H and O–H groups in total. The second kappa shape index (κ2) is 8.79. The van der Waals surface area contributed by atoms with E-state index in [1.165, 1.54) is 0 Å². The topological polar surface area (TPSA) is 89.2 Å². The van der Waals surface area contributed by atoms with Crippen molar-refractivity contribution in [3.63, 3.8) is 0 Å². The molecule has 0 saturated carbocycles. The molecule has 3 rings (SSSR count). The Labute approximate surface area is 165 Å². The van der Waals surface area contributed by atoms with Gasteiger partial charge in [0.15, 0.2) is 11.5 Å². The number of fused-ring (bicyclic) bond motifs is 1. The van der Waals surface area contributed by atoms with Gasteiger partial charge in [0.05, 0.1) is 30.8 Å². The lowest BCUT2D eigenvalue weighted by atomic mass is 10.1. The monoisotopic (exact) mass is 382 g/mol. The molecule has 1 aromatic carbocycles. The number of benzene rings is 1. The Kier molecular flexibility index (Phi) is 6.19. The van der Waals surface area contributed by atoms with E-state index in [1.807, 2.05) is 43.7 Å². The van der Waals surface area contributed by atoms with Crippen LogP contribution in [-0.2, 0) is 17.8 Å². The maximum absolute atomic E-state index is 12.5.